The third-order valence-electron chi connectivity index (χ3n) is 2.60. The van der Waals surface area contributed by atoms with E-state index in [1.54, 1.807) is 18.7 Å². The largest absolute Gasteiger partial charge is 0.464 e. The summed E-state index contributed by atoms with van der Waals surface area (Å²) < 4.78 is 5.47. The number of hydrogen-bond donors (Lipinski definition) is 1. The van der Waals surface area contributed by atoms with E-state index < -0.39 is 0 Å². The zero-order valence-corrected chi connectivity index (χ0v) is 9.13. The van der Waals surface area contributed by atoms with Crippen molar-refractivity contribution in [1.82, 2.24) is 9.97 Å². The third kappa shape index (κ3) is 1.97. The second-order valence-corrected chi connectivity index (χ2v) is 3.74. The maximum absolute atomic E-state index is 5.47. The molecule has 0 saturated heterocycles. The highest BCUT2D eigenvalue weighted by Crippen LogP contribution is 2.21. The molecule has 0 aliphatic carbocycles. The molecule has 4 nitrogen and oxygen atoms in total. The van der Waals surface area contributed by atoms with E-state index in [0.717, 1.165) is 22.2 Å². The van der Waals surface area contributed by atoms with E-state index in [0.29, 0.717) is 6.54 Å². The topological polar surface area (TPSA) is 51.0 Å². The van der Waals surface area contributed by atoms with Crippen LogP contribution in [0.4, 0.5) is 5.69 Å². The molecule has 2 aromatic heterocycles. The minimum atomic E-state index is 0.699. The van der Waals surface area contributed by atoms with Crippen molar-refractivity contribution in [2.45, 2.75) is 6.54 Å². The van der Waals surface area contributed by atoms with E-state index in [1.165, 1.54) is 6.33 Å². The van der Waals surface area contributed by atoms with Gasteiger partial charge in [0.05, 0.1) is 24.3 Å². The maximum Gasteiger partial charge on any atom is 0.134 e. The van der Waals surface area contributed by atoms with Crippen molar-refractivity contribution in [1.29, 1.82) is 0 Å². The van der Waals surface area contributed by atoms with Crippen molar-refractivity contribution in [2.75, 3.05) is 5.32 Å². The Balaban J connectivity index is 1.82. The number of rotatable bonds is 3. The molecule has 4 heteroatoms. The molecule has 84 valence electrons. The maximum atomic E-state index is 5.47. The lowest BCUT2D eigenvalue weighted by Crippen LogP contribution is -1.99. The first-order valence-electron chi connectivity index (χ1n) is 5.37. The molecular formula is C13H11N3O. The Morgan fingerprint density at radius 2 is 1.94 bits per heavy atom. The smallest absolute Gasteiger partial charge is 0.134 e. The molecule has 0 atom stereocenters. The van der Waals surface area contributed by atoms with E-state index in [2.05, 4.69) is 21.4 Å². The Morgan fingerprint density at radius 3 is 2.82 bits per heavy atom. The predicted octanol–water partition coefficient (Wildman–Crippen LogP) is 2.83. The van der Waals surface area contributed by atoms with Crippen LogP contribution in [0.1, 0.15) is 5.56 Å². The Kier molecular flexibility index (Phi) is 2.46. The summed E-state index contributed by atoms with van der Waals surface area (Å²) in [6, 6.07) is 7.99. The van der Waals surface area contributed by atoms with Crippen molar-refractivity contribution in [3.8, 4) is 0 Å². The van der Waals surface area contributed by atoms with Crippen molar-refractivity contribution in [3.05, 3.63) is 54.8 Å². The molecule has 17 heavy (non-hydrogen) atoms. The molecule has 0 bridgehead atoms. The van der Waals surface area contributed by atoms with Gasteiger partial charge in [0, 0.05) is 17.5 Å². The molecule has 0 spiro atoms. The number of aromatic nitrogens is 2. The Hall–Kier alpha value is -2.36. The fraction of sp³-hybridized carbons (Fsp3) is 0.0769. The molecule has 0 aliphatic heterocycles. The van der Waals surface area contributed by atoms with Gasteiger partial charge < -0.3 is 9.73 Å². The summed E-state index contributed by atoms with van der Waals surface area (Å²) >= 11 is 0. The third-order valence-corrected chi connectivity index (χ3v) is 2.60. The number of benzene rings is 1. The number of anilines is 1. The summed E-state index contributed by atoms with van der Waals surface area (Å²) in [7, 11) is 0. The number of hydrogen-bond acceptors (Lipinski definition) is 4. The Labute approximate surface area is 98.3 Å². The van der Waals surface area contributed by atoms with Crippen LogP contribution in [-0.2, 0) is 6.54 Å². The summed E-state index contributed by atoms with van der Waals surface area (Å²) in [5.41, 5.74) is 2.94. The molecule has 2 heterocycles. The van der Waals surface area contributed by atoms with Crippen LogP contribution in [-0.4, -0.2) is 9.97 Å². The van der Waals surface area contributed by atoms with Gasteiger partial charge in [-0.25, -0.2) is 9.97 Å². The van der Waals surface area contributed by atoms with Gasteiger partial charge in [0.2, 0.25) is 0 Å². The number of nitrogens with zero attached hydrogens (tertiary/aromatic N) is 2. The van der Waals surface area contributed by atoms with Crippen LogP contribution < -0.4 is 5.32 Å². The quantitative estimate of drug-likeness (QED) is 0.744. The highest BCUT2D eigenvalue weighted by molar-refractivity contribution is 5.81. The lowest BCUT2D eigenvalue weighted by Gasteiger charge is -2.03. The predicted molar refractivity (Wildman–Crippen MR) is 65.6 cm³/mol. The SMILES string of the molecule is c1ccc2c(CNc3cncnc3)coc2c1. The summed E-state index contributed by atoms with van der Waals surface area (Å²) in [5.74, 6) is 0. The monoisotopic (exact) mass is 225 g/mol. The molecule has 0 amide bonds. The molecule has 1 N–H and O–H groups in total. The first-order chi connectivity index (χ1) is 8.43. The number of furan rings is 1. The molecule has 0 aliphatic rings. The zero-order chi connectivity index (χ0) is 11.5. The first-order valence-corrected chi connectivity index (χ1v) is 5.37. The molecule has 0 saturated carbocycles. The molecule has 0 radical (unpaired) electrons. The highest BCUT2D eigenvalue weighted by atomic mass is 16.3. The number of para-hydroxylation sites is 1. The van der Waals surface area contributed by atoms with Crippen LogP contribution in [0.3, 0.4) is 0 Å². The van der Waals surface area contributed by atoms with E-state index in [-0.39, 0.29) is 0 Å². The van der Waals surface area contributed by atoms with Crippen LogP contribution in [0.25, 0.3) is 11.0 Å². The van der Waals surface area contributed by atoms with Gasteiger partial charge in [-0.15, -0.1) is 0 Å². The zero-order valence-electron chi connectivity index (χ0n) is 9.13. The van der Waals surface area contributed by atoms with Crippen LogP contribution in [0, 0.1) is 0 Å². The average molecular weight is 225 g/mol. The molecular weight excluding hydrogens is 214 g/mol. The second-order valence-electron chi connectivity index (χ2n) is 3.74. The van der Waals surface area contributed by atoms with Crippen molar-refractivity contribution < 1.29 is 4.42 Å². The average Bonchev–Trinajstić information content (AvgIpc) is 2.81. The number of fused-ring (bicyclic) bond motifs is 1. The first kappa shape index (κ1) is 9.84. The standard InChI is InChI=1S/C13H11N3O/c1-2-4-13-12(3-1)10(8-17-13)5-16-11-6-14-9-15-7-11/h1-4,6-9,16H,5H2. The molecule has 0 fully saturated rings. The Morgan fingerprint density at radius 1 is 1.12 bits per heavy atom. The normalized spacial score (nSPS) is 10.6. The van der Waals surface area contributed by atoms with Gasteiger partial charge in [-0.3, -0.25) is 0 Å². The molecule has 0 unspecified atom stereocenters. The summed E-state index contributed by atoms with van der Waals surface area (Å²) in [6.07, 6.45) is 6.78. The number of nitrogens with one attached hydrogen (secondary N) is 1. The van der Waals surface area contributed by atoms with Crippen LogP contribution in [0.2, 0.25) is 0 Å². The summed E-state index contributed by atoms with van der Waals surface area (Å²) in [5, 5.41) is 4.39. The van der Waals surface area contributed by atoms with Gasteiger partial charge in [0.15, 0.2) is 0 Å². The minimum absolute atomic E-state index is 0.699. The van der Waals surface area contributed by atoms with Crippen LogP contribution in [0.5, 0.6) is 0 Å². The van der Waals surface area contributed by atoms with Crippen LogP contribution in [0.15, 0.2) is 53.7 Å². The van der Waals surface area contributed by atoms with Gasteiger partial charge in [-0.1, -0.05) is 18.2 Å². The van der Waals surface area contributed by atoms with E-state index >= 15 is 0 Å². The summed E-state index contributed by atoms with van der Waals surface area (Å²) in [6.45, 7) is 0.699. The van der Waals surface area contributed by atoms with Gasteiger partial charge in [-0.05, 0) is 6.07 Å². The van der Waals surface area contributed by atoms with Gasteiger partial charge >= 0.3 is 0 Å². The summed E-state index contributed by atoms with van der Waals surface area (Å²) in [4.78, 5) is 7.90. The molecule has 1 aromatic carbocycles. The van der Waals surface area contributed by atoms with Crippen molar-refractivity contribution in [2.24, 2.45) is 0 Å². The Bertz CT molecular complexity index is 619. The van der Waals surface area contributed by atoms with E-state index in [4.69, 9.17) is 4.42 Å². The fourth-order valence-electron chi connectivity index (χ4n) is 1.76. The van der Waals surface area contributed by atoms with Gasteiger partial charge in [0.1, 0.15) is 11.9 Å². The van der Waals surface area contributed by atoms with Crippen molar-refractivity contribution in [3.63, 3.8) is 0 Å². The molecule has 3 rings (SSSR count). The second kappa shape index (κ2) is 4.25. The lowest BCUT2D eigenvalue weighted by molar-refractivity contribution is 0.611. The molecule has 3 aromatic rings. The minimum Gasteiger partial charge on any atom is -0.464 e. The van der Waals surface area contributed by atoms with E-state index in [1.807, 2.05) is 18.2 Å². The van der Waals surface area contributed by atoms with Gasteiger partial charge in [0.25, 0.3) is 0 Å². The van der Waals surface area contributed by atoms with Gasteiger partial charge in [-0.2, -0.15) is 0 Å². The van der Waals surface area contributed by atoms with Crippen molar-refractivity contribution >= 4 is 16.7 Å². The van der Waals surface area contributed by atoms with Crippen LogP contribution >= 0.6 is 0 Å². The lowest BCUT2D eigenvalue weighted by atomic mass is 10.2. The fourth-order valence-corrected chi connectivity index (χ4v) is 1.76. The van der Waals surface area contributed by atoms with E-state index in [9.17, 15) is 0 Å². The highest BCUT2D eigenvalue weighted by Gasteiger charge is 2.04.